The maximum atomic E-state index is 10.2. The SMILES string of the molecule is [C-]#[N+]C(=O)C=C(O)OCC. The molecule has 1 N–H and O–H groups in total. The van der Waals surface area contributed by atoms with Gasteiger partial charge in [0.15, 0.2) is 0 Å². The van der Waals surface area contributed by atoms with Crippen molar-refractivity contribution in [3.63, 3.8) is 0 Å². The second-order valence-electron chi connectivity index (χ2n) is 1.37. The Bertz CT molecular complexity index is 190. The number of nitrogens with zero attached hydrogens (tertiary/aromatic N) is 1. The summed E-state index contributed by atoms with van der Waals surface area (Å²) >= 11 is 0. The molecule has 0 saturated heterocycles. The van der Waals surface area contributed by atoms with Gasteiger partial charge in [0.2, 0.25) is 0 Å². The molecule has 0 spiro atoms. The molecule has 0 radical (unpaired) electrons. The molecule has 0 bridgehead atoms. The first kappa shape index (κ1) is 8.50. The first-order valence-electron chi connectivity index (χ1n) is 2.65. The van der Waals surface area contributed by atoms with E-state index in [0.29, 0.717) is 0 Å². The van der Waals surface area contributed by atoms with Crippen LogP contribution in [0.2, 0.25) is 0 Å². The molecule has 0 unspecified atom stereocenters. The summed E-state index contributed by atoms with van der Waals surface area (Å²) in [6.45, 7) is 8.13. The molecule has 0 aromatic heterocycles. The molecule has 0 aromatic rings. The van der Waals surface area contributed by atoms with Gasteiger partial charge in [-0.2, -0.15) is 4.85 Å². The Kier molecular flexibility index (Phi) is 3.73. The summed E-state index contributed by atoms with van der Waals surface area (Å²) in [4.78, 5) is 12.7. The lowest BCUT2D eigenvalue weighted by Crippen LogP contribution is -1.93. The van der Waals surface area contributed by atoms with Crippen LogP contribution in [0.4, 0.5) is 0 Å². The molecule has 0 heterocycles. The van der Waals surface area contributed by atoms with Crippen molar-refractivity contribution in [1.29, 1.82) is 0 Å². The summed E-state index contributed by atoms with van der Waals surface area (Å²) in [6, 6.07) is 0. The predicted octanol–water partition coefficient (Wildman–Crippen LogP) is 0.868. The van der Waals surface area contributed by atoms with E-state index in [4.69, 9.17) is 11.7 Å². The van der Waals surface area contributed by atoms with Gasteiger partial charge in [0.1, 0.15) is 0 Å². The molecule has 0 aliphatic heterocycles. The van der Waals surface area contributed by atoms with Crippen molar-refractivity contribution in [1.82, 2.24) is 0 Å². The lowest BCUT2D eigenvalue weighted by molar-refractivity contribution is -0.111. The molecule has 0 fully saturated rings. The molecule has 0 aliphatic carbocycles. The Morgan fingerprint density at radius 2 is 2.50 bits per heavy atom. The zero-order valence-electron chi connectivity index (χ0n) is 5.50. The second kappa shape index (κ2) is 4.39. The average Bonchev–Trinajstić information content (AvgIpc) is 1.88. The van der Waals surface area contributed by atoms with Crippen LogP contribution in [0, 0.1) is 6.57 Å². The minimum atomic E-state index is -0.842. The van der Waals surface area contributed by atoms with Gasteiger partial charge in [-0.15, -0.1) is 0 Å². The number of ether oxygens (including phenoxy) is 1. The number of carbonyl (C=O) groups is 1. The third-order valence-electron chi connectivity index (χ3n) is 0.649. The Hall–Kier alpha value is -1.50. The minimum absolute atomic E-state index is 0.271. The summed E-state index contributed by atoms with van der Waals surface area (Å²) in [7, 11) is 0. The molecular formula is C6H7NO3. The molecular weight excluding hydrogens is 134 g/mol. The van der Waals surface area contributed by atoms with Crippen molar-refractivity contribution in [3.8, 4) is 0 Å². The van der Waals surface area contributed by atoms with Crippen LogP contribution in [-0.2, 0) is 9.53 Å². The Morgan fingerprint density at radius 1 is 1.90 bits per heavy atom. The van der Waals surface area contributed by atoms with E-state index in [1.165, 1.54) is 0 Å². The monoisotopic (exact) mass is 141 g/mol. The summed E-state index contributed by atoms with van der Waals surface area (Å²) in [6.07, 6.45) is 0.733. The number of hydrogen-bond acceptors (Lipinski definition) is 3. The van der Waals surface area contributed by atoms with E-state index in [-0.39, 0.29) is 6.61 Å². The Labute approximate surface area is 58.5 Å². The van der Waals surface area contributed by atoms with E-state index in [1.54, 1.807) is 6.92 Å². The standard InChI is InChI=1S/C6H7NO3/c1-3-10-6(9)4-5(8)7-2/h4,9H,3H2,1H3. The van der Waals surface area contributed by atoms with E-state index in [1.807, 2.05) is 0 Å². The molecule has 4 heteroatoms. The molecule has 0 atom stereocenters. The fraction of sp³-hybridized carbons (Fsp3) is 0.333. The molecule has 54 valence electrons. The van der Waals surface area contributed by atoms with Crippen LogP contribution in [-0.4, -0.2) is 17.6 Å². The van der Waals surface area contributed by atoms with E-state index in [0.717, 1.165) is 6.08 Å². The Balaban J connectivity index is 3.93. The normalized spacial score (nSPS) is 10.2. The van der Waals surface area contributed by atoms with Crippen molar-refractivity contribution in [2.45, 2.75) is 6.92 Å². The van der Waals surface area contributed by atoms with E-state index < -0.39 is 11.9 Å². The van der Waals surface area contributed by atoms with E-state index >= 15 is 0 Å². The maximum Gasteiger partial charge on any atom is 0.385 e. The summed E-state index contributed by atoms with van der Waals surface area (Å²) < 4.78 is 4.47. The molecule has 0 aliphatic rings. The van der Waals surface area contributed by atoms with Gasteiger partial charge in [-0.1, -0.05) is 0 Å². The summed E-state index contributed by atoms with van der Waals surface area (Å²) in [5.74, 6) is -1.35. The number of aliphatic hydroxyl groups is 1. The van der Waals surface area contributed by atoms with Gasteiger partial charge in [-0.25, -0.2) is 0 Å². The van der Waals surface area contributed by atoms with Crippen molar-refractivity contribution >= 4 is 5.91 Å². The zero-order valence-corrected chi connectivity index (χ0v) is 5.50. The fourth-order valence-corrected chi connectivity index (χ4v) is 0.327. The number of carbonyl (C=O) groups excluding carboxylic acids is 1. The van der Waals surface area contributed by atoms with Crippen molar-refractivity contribution in [2.75, 3.05) is 6.61 Å². The topological polar surface area (TPSA) is 50.9 Å². The molecule has 0 aromatic carbocycles. The first-order valence-corrected chi connectivity index (χ1v) is 2.65. The predicted molar refractivity (Wildman–Crippen MR) is 33.9 cm³/mol. The highest BCUT2D eigenvalue weighted by molar-refractivity contribution is 5.95. The van der Waals surface area contributed by atoms with Crippen LogP contribution < -0.4 is 0 Å². The van der Waals surface area contributed by atoms with Crippen LogP contribution in [0.15, 0.2) is 12.0 Å². The van der Waals surface area contributed by atoms with Crippen LogP contribution in [0.25, 0.3) is 4.85 Å². The van der Waals surface area contributed by atoms with Crippen LogP contribution in [0.5, 0.6) is 0 Å². The van der Waals surface area contributed by atoms with Crippen molar-refractivity contribution < 1.29 is 14.6 Å². The van der Waals surface area contributed by atoms with Crippen LogP contribution in [0.1, 0.15) is 6.92 Å². The molecule has 1 amide bonds. The number of amides is 1. The third-order valence-corrected chi connectivity index (χ3v) is 0.649. The molecule has 10 heavy (non-hydrogen) atoms. The summed E-state index contributed by atoms with van der Waals surface area (Å²) in [5, 5.41) is 8.63. The van der Waals surface area contributed by atoms with Gasteiger partial charge in [-0.05, 0) is 6.92 Å². The largest absolute Gasteiger partial charge is 0.482 e. The van der Waals surface area contributed by atoms with Gasteiger partial charge in [0, 0.05) is 0 Å². The fourth-order valence-electron chi connectivity index (χ4n) is 0.327. The minimum Gasteiger partial charge on any atom is -0.482 e. The van der Waals surface area contributed by atoms with E-state index in [9.17, 15) is 4.79 Å². The molecule has 0 saturated carbocycles. The first-order chi connectivity index (χ1) is 4.70. The smallest absolute Gasteiger partial charge is 0.385 e. The average molecular weight is 141 g/mol. The van der Waals surface area contributed by atoms with Gasteiger partial charge >= 0.3 is 5.91 Å². The van der Waals surface area contributed by atoms with Crippen molar-refractivity contribution in [3.05, 3.63) is 23.4 Å². The number of aliphatic hydroxyl groups excluding tert-OH is 1. The lowest BCUT2D eigenvalue weighted by atomic mass is 10.6. The maximum absolute atomic E-state index is 10.2. The second-order valence-corrected chi connectivity index (χ2v) is 1.37. The zero-order chi connectivity index (χ0) is 7.98. The highest BCUT2D eigenvalue weighted by Crippen LogP contribution is 1.91. The van der Waals surface area contributed by atoms with Gasteiger partial charge in [0.25, 0.3) is 5.95 Å². The number of hydrogen-bond donors (Lipinski definition) is 1. The van der Waals surface area contributed by atoms with Gasteiger partial charge in [-0.3, -0.25) is 0 Å². The van der Waals surface area contributed by atoms with Crippen molar-refractivity contribution in [2.24, 2.45) is 0 Å². The van der Waals surface area contributed by atoms with Gasteiger partial charge < -0.3 is 14.6 Å². The van der Waals surface area contributed by atoms with E-state index in [2.05, 4.69) is 9.58 Å². The Morgan fingerprint density at radius 3 is 2.90 bits per heavy atom. The van der Waals surface area contributed by atoms with Crippen LogP contribution >= 0.6 is 0 Å². The molecule has 0 rings (SSSR count). The lowest BCUT2D eigenvalue weighted by Gasteiger charge is -1.96. The highest BCUT2D eigenvalue weighted by atomic mass is 16.6. The van der Waals surface area contributed by atoms with Crippen LogP contribution in [0.3, 0.4) is 0 Å². The van der Waals surface area contributed by atoms with Gasteiger partial charge in [0.05, 0.1) is 19.3 Å². The highest BCUT2D eigenvalue weighted by Gasteiger charge is 1.97. The summed E-state index contributed by atoms with van der Waals surface area (Å²) in [5.41, 5.74) is 0. The molecule has 4 nitrogen and oxygen atoms in total. The quantitative estimate of drug-likeness (QED) is 0.360. The third kappa shape index (κ3) is 3.50. The number of rotatable bonds is 3.